The lowest BCUT2D eigenvalue weighted by Crippen LogP contribution is -2.59. The van der Waals surface area contributed by atoms with E-state index in [-0.39, 0.29) is 0 Å². The predicted octanol–water partition coefficient (Wildman–Crippen LogP) is 3.03. The largest absolute Gasteiger partial charge is 0.366 e. The Morgan fingerprint density at radius 2 is 2.00 bits per heavy atom. The highest BCUT2D eigenvalue weighted by atomic mass is 15.3. The average Bonchev–Trinajstić information content (AvgIpc) is 2.53. The Bertz CT molecular complexity index is 473. The van der Waals surface area contributed by atoms with Gasteiger partial charge in [0.1, 0.15) is 0 Å². The molecule has 3 rings (SSSR count). The molecule has 0 aliphatic carbocycles. The zero-order valence-corrected chi connectivity index (χ0v) is 13.7. The first kappa shape index (κ1) is 14.9. The summed E-state index contributed by atoms with van der Waals surface area (Å²) in [6.45, 7) is 8.34. The second-order valence-corrected chi connectivity index (χ2v) is 6.72. The van der Waals surface area contributed by atoms with Crippen molar-refractivity contribution < 1.29 is 0 Å². The third-order valence-electron chi connectivity index (χ3n) is 5.33. The summed E-state index contributed by atoms with van der Waals surface area (Å²) in [5.41, 5.74) is 2.85. The van der Waals surface area contributed by atoms with E-state index in [0.717, 1.165) is 6.04 Å². The minimum absolute atomic E-state index is 0.401. The molecule has 3 unspecified atom stereocenters. The van der Waals surface area contributed by atoms with Gasteiger partial charge >= 0.3 is 0 Å². The molecule has 0 radical (unpaired) electrons. The van der Waals surface area contributed by atoms with Gasteiger partial charge in [0.15, 0.2) is 0 Å². The Morgan fingerprint density at radius 3 is 2.81 bits per heavy atom. The van der Waals surface area contributed by atoms with Crippen molar-refractivity contribution in [2.45, 2.75) is 51.2 Å². The molecule has 0 amide bonds. The number of para-hydroxylation sites is 1. The van der Waals surface area contributed by atoms with E-state index in [1.807, 2.05) is 7.05 Å². The first-order valence-corrected chi connectivity index (χ1v) is 8.47. The van der Waals surface area contributed by atoms with Gasteiger partial charge in [-0.1, -0.05) is 24.6 Å². The van der Waals surface area contributed by atoms with Crippen LogP contribution in [0.5, 0.6) is 0 Å². The molecule has 3 heteroatoms. The van der Waals surface area contributed by atoms with Gasteiger partial charge in [-0.05, 0) is 51.9 Å². The highest BCUT2D eigenvalue weighted by Crippen LogP contribution is 2.32. The van der Waals surface area contributed by atoms with Crippen molar-refractivity contribution in [3.05, 3.63) is 29.8 Å². The molecule has 21 heavy (non-hydrogen) atoms. The van der Waals surface area contributed by atoms with Crippen LogP contribution in [0.25, 0.3) is 0 Å². The van der Waals surface area contributed by atoms with Crippen LogP contribution in [-0.4, -0.2) is 43.7 Å². The van der Waals surface area contributed by atoms with Crippen molar-refractivity contribution in [3.8, 4) is 0 Å². The summed E-state index contributed by atoms with van der Waals surface area (Å²) in [5, 5.41) is 3.39. The zero-order valence-electron chi connectivity index (χ0n) is 13.7. The molecule has 3 atom stereocenters. The van der Waals surface area contributed by atoms with Gasteiger partial charge in [0, 0.05) is 36.9 Å². The molecular weight excluding hydrogens is 258 g/mol. The molecule has 0 aromatic heterocycles. The molecule has 1 aromatic rings. The second-order valence-electron chi connectivity index (χ2n) is 6.72. The fraction of sp³-hybridized carbons (Fsp3) is 0.667. The lowest BCUT2D eigenvalue weighted by molar-refractivity contribution is 0.115. The van der Waals surface area contributed by atoms with Gasteiger partial charge in [-0.15, -0.1) is 0 Å². The molecule has 116 valence electrons. The fourth-order valence-electron chi connectivity index (χ4n) is 3.96. The van der Waals surface area contributed by atoms with Crippen LogP contribution >= 0.6 is 0 Å². The monoisotopic (exact) mass is 287 g/mol. The number of fused-ring (bicyclic) bond motifs is 1. The normalized spacial score (nSPS) is 28.2. The molecule has 2 saturated heterocycles. The number of hydrogen-bond acceptors (Lipinski definition) is 3. The Balaban J connectivity index is 1.86. The average molecular weight is 287 g/mol. The van der Waals surface area contributed by atoms with Gasteiger partial charge in [-0.25, -0.2) is 0 Å². The molecule has 1 N–H and O–H groups in total. The SMILES string of the molecule is CNC(C)c1ccccc1N1CC2CCCCN2CC1C. The maximum Gasteiger partial charge on any atom is 0.0418 e. The molecule has 0 spiro atoms. The van der Waals surface area contributed by atoms with Crippen LogP contribution in [0.3, 0.4) is 0 Å². The lowest BCUT2D eigenvalue weighted by Gasteiger charge is -2.49. The van der Waals surface area contributed by atoms with Crippen molar-refractivity contribution >= 4 is 5.69 Å². The molecule has 0 bridgehead atoms. The molecule has 3 nitrogen and oxygen atoms in total. The molecule has 0 saturated carbocycles. The van der Waals surface area contributed by atoms with Crippen molar-refractivity contribution in [1.29, 1.82) is 0 Å². The van der Waals surface area contributed by atoms with Crippen molar-refractivity contribution in [2.24, 2.45) is 0 Å². The topological polar surface area (TPSA) is 18.5 Å². The quantitative estimate of drug-likeness (QED) is 0.922. The predicted molar refractivity (Wildman–Crippen MR) is 89.9 cm³/mol. The van der Waals surface area contributed by atoms with Gasteiger partial charge in [0.25, 0.3) is 0 Å². The van der Waals surface area contributed by atoms with Crippen LogP contribution in [-0.2, 0) is 0 Å². The number of nitrogens with one attached hydrogen (secondary N) is 1. The van der Waals surface area contributed by atoms with Crippen LogP contribution in [0.1, 0.15) is 44.7 Å². The smallest absolute Gasteiger partial charge is 0.0418 e. The van der Waals surface area contributed by atoms with E-state index in [1.165, 1.54) is 50.1 Å². The van der Waals surface area contributed by atoms with Crippen molar-refractivity contribution in [2.75, 3.05) is 31.6 Å². The molecule has 2 aliphatic rings. The van der Waals surface area contributed by atoms with E-state index in [9.17, 15) is 0 Å². The number of piperazine rings is 1. The lowest BCUT2D eigenvalue weighted by atomic mass is 9.95. The highest BCUT2D eigenvalue weighted by molar-refractivity contribution is 5.56. The Hall–Kier alpha value is -1.06. The van der Waals surface area contributed by atoms with E-state index in [4.69, 9.17) is 0 Å². The van der Waals surface area contributed by atoms with Crippen LogP contribution in [0.2, 0.25) is 0 Å². The zero-order chi connectivity index (χ0) is 14.8. The first-order chi connectivity index (χ1) is 10.2. The van der Waals surface area contributed by atoms with Crippen LogP contribution in [0, 0.1) is 0 Å². The fourth-order valence-corrected chi connectivity index (χ4v) is 3.96. The molecule has 2 heterocycles. The van der Waals surface area contributed by atoms with Crippen LogP contribution < -0.4 is 10.2 Å². The van der Waals surface area contributed by atoms with Gasteiger partial charge < -0.3 is 10.2 Å². The van der Waals surface area contributed by atoms with Gasteiger partial charge in [-0.3, -0.25) is 4.90 Å². The second kappa shape index (κ2) is 6.37. The minimum Gasteiger partial charge on any atom is -0.366 e. The van der Waals surface area contributed by atoms with E-state index in [2.05, 4.69) is 53.2 Å². The Labute approximate surface area is 129 Å². The molecule has 2 fully saturated rings. The number of piperidine rings is 1. The third kappa shape index (κ3) is 2.95. The van der Waals surface area contributed by atoms with Gasteiger partial charge in [0.05, 0.1) is 0 Å². The van der Waals surface area contributed by atoms with Crippen molar-refractivity contribution in [3.63, 3.8) is 0 Å². The van der Waals surface area contributed by atoms with Gasteiger partial charge in [0.2, 0.25) is 0 Å². The summed E-state index contributed by atoms with van der Waals surface area (Å²) >= 11 is 0. The summed E-state index contributed by atoms with van der Waals surface area (Å²) in [6.07, 6.45) is 4.15. The number of benzene rings is 1. The van der Waals surface area contributed by atoms with Crippen molar-refractivity contribution in [1.82, 2.24) is 10.2 Å². The van der Waals surface area contributed by atoms with Crippen LogP contribution in [0.4, 0.5) is 5.69 Å². The Kier molecular flexibility index (Phi) is 4.51. The number of rotatable bonds is 3. The Morgan fingerprint density at radius 1 is 1.19 bits per heavy atom. The summed E-state index contributed by atoms with van der Waals surface area (Å²) < 4.78 is 0. The van der Waals surface area contributed by atoms with E-state index in [1.54, 1.807) is 0 Å². The van der Waals surface area contributed by atoms with Gasteiger partial charge in [-0.2, -0.15) is 0 Å². The third-order valence-corrected chi connectivity index (χ3v) is 5.33. The molecule has 1 aromatic carbocycles. The summed E-state index contributed by atoms with van der Waals surface area (Å²) in [7, 11) is 2.05. The highest BCUT2D eigenvalue weighted by Gasteiger charge is 2.33. The number of anilines is 1. The first-order valence-electron chi connectivity index (χ1n) is 8.47. The number of hydrogen-bond donors (Lipinski definition) is 1. The standard InChI is InChI=1S/C18H29N3/c1-14-12-20-11-7-6-8-16(20)13-21(14)18-10-5-4-9-17(18)15(2)19-3/h4-5,9-10,14-16,19H,6-8,11-13H2,1-3H3. The van der Waals surface area contributed by atoms with E-state index >= 15 is 0 Å². The number of nitrogens with zero attached hydrogens (tertiary/aromatic N) is 2. The molecule has 2 aliphatic heterocycles. The minimum atomic E-state index is 0.401. The summed E-state index contributed by atoms with van der Waals surface area (Å²) in [5.74, 6) is 0. The molecular formula is C18H29N3. The van der Waals surface area contributed by atoms with Crippen LogP contribution in [0.15, 0.2) is 24.3 Å². The summed E-state index contributed by atoms with van der Waals surface area (Å²) in [6, 6.07) is 10.7. The van der Waals surface area contributed by atoms with E-state index < -0.39 is 0 Å². The van der Waals surface area contributed by atoms with E-state index in [0.29, 0.717) is 12.1 Å². The maximum atomic E-state index is 3.39. The maximum absolute atomic E-state index is 3.39. The summed E-state index contributed by atoms with van der Waals surface area (Å²) in [4.78, 5) is 5.37.